The van der Waals surface area contributed by atoms with Gasteiger partial charge in [-0.25, -0.2) is 4.79 Å². The molecule has 6 aliphatic rings. The van der Waals surface area contributed by atoms with Gasteiger partial charge in [-0.1, -0.05) is 32.4 Å². The number of unbranched alkanes of at least 4 members (excludes halogenated alkanes) is 1. The standard InChI is InChI=1S/C87H101N23O19S/c1-3-44(2)73-82(125)103-61(8-6-24-93-84(91)92)80(123)97-40-71(116)102-64(75(90)118)43-130-42-45-29-50(78(121)105-73)31-53(30-45)99-69(114)38-95-77(120)47-21-27-110(28-22-47)87-107-85(100-52-11-15-56(59(33-52)83(126)127)72-57-16-13-54(111)35-66(57)129-67-36-55(112)14-17-58(67)72)106-86(108-87)109-25-19-46(20-26-109)76(119)94-37-68(113)98-51-12-18-65-60(34-51)79(122)96-39-70(115)101-62(7-4-5-23-88)81(124)104-63-32-48(74(89)117)9-10-49(63)41-128-65/h9-18,29-36,44,46-47,61-62,64,73,111H,3-8,19-28,37-43,88H2,1-2H3,(H2,89,117)(H2,90,118)(H,94,119)(H,95,120)(H,96,122)(H,97,123)(H,98,113)(H,99,114)(H,101,115)(H,102,116)(H,103,125)(H,104,124)(H,105,121)(H,126,127)(H4,91,92,93)(H,100,106,107,108)/t44-,61-,62-,64-,73-/m0/s1. The summed E-state index contributed by atoms with van der Waals surface area (Å²) in [5.41, 5.74) is 24.5. The number of carbonyl (C=O) groups is 14. The Balaban J connectivity index is 0.727. The van der Waals surface area contributed by atoms with E-state index in [1.165, 1.54) is 84.9 Å². The molecular formula is C87H101N23O19S. The Bertz CT molecular complexity index is 5740. The number of phenols is 1. The quantitative estimate of drug-likeness (QED) is 0.0160. The number of ether oxygens (including phenoxy) is 1. The number of piperidine rings is 2. The van der Waals surface area contributed by atoms with Crippen LogP contribution in [0.1, 0.15) is 131 Å². The van der Waals surface area contributed by atoms with E-state index >= 15 is 0 Å². The molecule has 5 aromatic carbocycles. The number of carboxylic acids is 1. The van der Waals surface area contributed by atoms with E-state index in [1.807, 2.05) is 9.80 Å². The topological polar surface area (TPSA) is 648 Å². The monoisotopic (exact) mass is 1800 g/mol. The van der Waals surface area contributed by atoms with Gasteiger partial charge in [-0.3, -0.25) is 72.5 Å². The van der Waals surface area contributed by atoms with Crippen LogP contribution in [0.4, 0.5) is 40.6 Å². The summed E-state index contributed by atoms with van der Waals surface area (Å²) in [5, 5.41) is 64.5. The molecule has 2 saturated heterocycles. The molecule has 130 heavy (non-hydrogen) atoms. The number of rotatable bonds is 26. The number of amides is 13. The zero-order valence-electron chi connectivity index (χ0n) is 71.0. The summed E-state index contributed by atoms with van der Waals surface area (Å²) in [4.78, 5) is 221. The molecule has 2 fully saturated rings. The van der Waals surface area contributed by atoms with E-state index < -0.39 is 151 Å². The van der Waals surface area contributed by atoms with Gasteiger partial charge < -0.3 is 121 Å². The van der Waals surface area contributed by atoms with Crippen molar-refractivity contribution in [2.45, 2.75) is 115 Å². The highest BCUT2D eigenvalue weighted by Crippen LogP contribution is 2.43. The molecule has 1 aliphatic carbocycles. The Labute approximate surface area is 747 Å². The first kappa shape index (κ1) is 94.1. The minimum atomic E-state index is -1.33. The maximum atomic E-state index is 14.4. The number of carboxylic acid groups (broad SMARTS) is 1. The number of fused-ring (bicyclic) bond motifs is 6. The molecule has 0 unspecified atom stereocenters. The Morgan fingerprint density at radius 1 is 0.638 bits per heavy atom. The third-order valence-electron chi connectivity index (χ3n) is 22.4. The van der Waals surface area contributed by atoms with Crippen LogP contribution >= 0.6 is 11.8 Å². The lowest BCUT2D eigenvalue weighted by Gasteiger charge is -2.34. The Morgan fingerprint density at radius 3 is 1.95 bits per heavy atom. The molecule has 13 amide bonds. The number of nitrogens with two attached hydrogens (primary N) is 4. The number of hydrogen-bond donors (Lipinski definition) is 20. The first-order chi connectivity index (χ1) is 62.3. The van der Waals surface area contributed by atoms with Crippen LogP contribution in [0.2, 0.25) is 0 Å². The van der Waals surface area contributed by atoms with E-state index in [0.717, 1.165) is 11.8 Å². The van der Waals surface area contributed by atoms with Crippen molar-refractivity contribution in [3.05, 3.63) is 153 Å². The third kappa shape index (κ3) is 24.8. The van der Waals surface area contributed by atoms with Crippen LogP contribution in [-0.2, 0) is 60.3 Å². The van der Waals surface area contributed by atoms with Crippen molar-refractivity contribution in [1.82, 2.24) is 62.8 Å². The fourth-order valence-corrected chi connectivity index (χ4v) is 16.2. The summed E-state index contributed by atoms with van der Waals surface area (Å²) in [5.74, 6) is -11.9. The number of anilines is 7. The van der Waals surface area contributed by atoms with Gasteiger partial charge in [0.25, 0.3) is 11.8 Å². The van der Waals surface area contributed by atoms with E-state index in [0.29, 0.717) is 53.4 Å². The second-order valence-corrected chi connectivity index (χ2v) is 32.7. The van der Waals surface area contributed by atoms with Gasteiger partial charge >= 0.3 is 5.97 Å². The Hall–Kier alpha value is -15.0. The fourth-order valence-electron chi connectivity index (χ4n) is 15.2. The fraction of sp³-hybridized carbons (Fsp3) is 0.368. The van der Waals surface area contributed by atoms with Crippen LogP contribution in [0.3, 0.4) is 0 Å². The third-order valence-corrected chi connectivity index (χ3v) is 23.5. The summed E-state index contributed by atoms with van der Waals surface area (Å²) >= 11 is 1.16. The molecule has 0 saturated carbocycles. The van der Waals surface area contributed by atoms with Crippen LogP contribution in [0.5, 0.6) is 11.5 Å². The summed E-state index contributed by atoms with van der Waals surface area (Å²) in [7, 11) is 0. The summed E-state index contributed by atoms with van der Waals surface area (Å²) in [6, 6.07) is 21.3. The number of phenolic OH excluding ortho intramolecular Hbond substituents is 1. The number of primary amides is 2. The maximum absolute atomic E-state index is 14.4. The van der Waals surface area contributed by atoms with Gasteiger partial charge in [-0.2, -0.15) is 26.7 Å². The Kier molecular flexibility index (Phi) is 31.4. The molecule has 43 heteroatoms. The maximum Gasteiger partial charge on any atom is 0.336 e. The van der Waals surface area contributed by atoms with Gasteiger partial charge in [0, 0.05) is 124 Å². The van der Waals surface area contributed by atoms with E-state index in [9.17, 15) is 82.1 Å². The van der Waals surface area contributed by atoms with Crippen LogP contribution in [-0.4, -0.2) is 209 Å². The van der Waals surface area contributed by atoms with Crippen molar-refractivity contribution in [2.24, 2.45) is 40.7 Å². The van der Waals surface area contributed by atoms with Gasteiger partial charge in [0.2, 0.25) is 82.8 Å². The van der Waals surface area contributed by atoms with Gasteiger partial charge in [0.05, 0.1) is 37.3 Å². The summed E-state index contributed by atoms with van der Waals surface area (Å²) in [6.07, 6.45) is 2.83. The smallest absolute Gasteiger partial charge is 0.336 e. The van der Waals surface area contributed by atoms with Crippen LogP contribution in [0, 0.1) is 23.2 Å². The molecule has 5 aliphatic heterocycles. The molecule has 0 spiro atoms. The number of benzene rings is 6. The highest BCUT2D eigenvalue weighted by Gasteiger charge is 2.36. The normalized spacial score (nSPS) is 17.8. The van der Waals surface area contributed by atoms with E-state index in [2.05, 4.69) is 69.1 Å². The van der Waals surface area contributed by atoms with Crippen molar-refractivity contribution >= 4 is 152 Å². The number of guanidine groups is 1. The van der Waals surface area contributed by atoms with E-state index in [4.69, 9.17) is 52.4 Å². The van der Waals surface area contributed by atoms with Crippen molar-refractivity contribution in [2.75, 3.05) is 102 Å². The predicted molar refractivity (Wildman–Crippen MR) is 479 cm³/mol. The lowest BCUT2D eigenvalue weighted by Crippen LogP contribution is -2.56. The number of aromatic nitrogens is 3. The largest absolute Gasteiger partial charge is 0.508 e. The molecule has 2 bridgehead atoms. The average Bonchev–Trinajstić information content (AvgIpc) is 0.745. The first-order valence-electron chi connectivity index (χ1n) is 42.1. The zero-order chi connectivity index (χ0) is 93.0. The highest BCUT2D eigenvalue weighted by molar-refractivity contribution is 7.98. The number of thioether (sulfide) groups is 1. The van der Waals surface area contributed by atoms with Crippen molar-refractivity contribution < 1.29 is 86.5 Å². The van der Waals surface area contributed by atoms with Gasteiger partial charge in [-0.05, 0) is 166 Å². The van der Waals surface area contributed by atoms with E-state index in [1.54, 1.807) is 38.1 Å². The van der Waals surface area contributed by atoms with Gasteiger partial charge in [0.15, 0.2) is 11.4 Å². The second kappa shape index (κ2) is 43.4. The highest BCUT2D eigenvalue weighted by atomic mass is 32.2. The second-order valence-electron chi connectivity index (χ2n) is 31.7. The van der Waals surface area contributed by atoms with Crippen LogP contribution in [0.15, 0.2) is 118 Å². The van der Waals surface area contributed by atoms with Gasteiger partial charge in [-0.15, -0.1) is 0 Å². The average molecular weight is 1800 g/mol. The molecule has 24 N–H and O–H groups in total. The number of nitrogens with zero attached hydrogens (tertiary/aromatic N) is 5. The molecule has 684 valence electrons. The molecule has 5 atom stereocenters. The minimum Gasteiger partial charge on any atom is -0.508 e. The van der Waals surface area contributed by atoms with Crippen molar-refractivity contribution in [1.29, 1.82) is 5.41 Å². The molecule has 6 aromatic rings. The molecule has 1 aromatic heterocycles. The molecule has 42 nitrogen and oxygen atoms in total. The molecule has 6 heterocycles. The lowest BCUT2D eigenvalue weighted by atomic mass is 9.90. The summed E-state index contributed by atoms with van der Waals surface area (Å²) < 4.78 is 12.2. The lowest BCUT2D eigenvalue weighted by molar-refractivity contribution is -0.132. The first-order valence-corrected chi connectivity index (χ1v) is 43.3. The number of nitrogens with one attached hydrogen (secondary N) is 14. The number of hydrogen-bond acceptors (Lipinski definition) is 27. The van der Waals surface area contributed by atoms with Crippen molar-refractivity contribution in [3.8, 4) is 33.9 Å². The minimum absolute atomic E-state index is 0.00735. The summed E-state index contributed by atoms with van der Waals surface area (Å²) in [6.45, 7) is 2.45. The van der Waals surface area contributed by atoms with Crippen LogP contribution < -0.4 is 112 Å². The van der Waals surface area contributed by atoms with E-state index in [-0.39, 0.29) is 198 Å². The molecular weight excluding hydrogens is 1700 g/mol. The number of aromatic carboxylic acids is 1. The predicted octanol–water partition coefficient (Wildman–Crippen LogP) is 2.04. The van der Waals surface area contributed by atoms with Crippen LogP contribution in [0.25, 0.3) is 33.4 Å². The zero-order valence-corrected chi connectivity index (χ0v) is 71.8. The number of carbonyl (C=O) groups excluding carboxylic acids is 13. The van der Waals surface area contributed by atoms with Gasteiger partial charge in [0.1, 0.15) is 53.6 Å². The SMILES string of the molecule is CC[C@H](C)[C@@H]1NC(=O)c2cc(cc(NC(=O)CNC(=O)C3CCN(c4nc(Nc5ccc(-c6c7ccc(=O)cc-7oc7cc(O)ccc67)c(C(=O)O)c5)nc(N5CCC(C(=O)NCC(=O)Nc6ccc7c(c6)C(=O)NCC(=O)N[C@@H](CCCCN)C(=O)Nc6cc(C(N)=O)ccc6CO7)CC5)n4)CC3)c2)CSC[C@@H](C(N)=O)NC(=O)CNC(=O)[C@H](CCCNC(=N)N)NC1=O. The Morgan fingerprint density at radius 2 is 1.29 bits per heavy atom. The molecule has 12 rings (SSSR count). The van der Waals surface area contributed by atoms with Crippen molar-refractivity contribution in [3.63, 3.8) is 0 Å². The number of aromatic hydroxyl groups is 1. The molecule has 0 radical (unpaired) electrons.